The van der Waals surface area contributed by atoms with Crippen molar-refractivity contribution in [3.63, 3.8) is 0 Å². The van der Waals surface area contributed by atoms with Crippen LogP contribution in [-0.2, 0) is 0 Å². The average Bonchev–Trinajstić information content (AvgIpc) is 1.90. The van der Waals surface area contributed by atoms with E-state index in [0.29, 0.717) is 5.70 Å². The minimum atomic E-state index is 0.604. The van der Waals surface area contributed by atoms with Crippen molar-refractivity contribution in [3.8, 4) is 0 Å². The van der Waals surface area contributed by atoms with E-state index in [1.54, 1.807) is 0 Å². The molecule has 0 unspecified atom stereocenters. The first kappa shape index (κ1) is 9.02. The molecule has 1 nitrogen and oxygen atoms in total. The summed E-state index contributed by atoms with van der Waals surface area (Å²) in [7, 11) is 0. The van der Waals surface area contributed by atoms with Gasteiger partial charge in [-0.2, -0.15) is 0 Å². The van der Waals surface area contributed by atoms with Crippen LogP contribution in [0.15, 0.2) is 36.1 Å². The lowest BCUT2D eigenvalue weighted by molar-refractivity contribution is 1.14. The van der Waals surface area contributed by atoms with Crippen LogP contribution in [0.1, 0.15) is 20.3 Å². The Morgan fingerprint density at radius 1 is 1.50 bits per heavy atom. The molecule has 0 radical (unpaired) electrons. The third kappa shape index (κ3) is 3.96. The van der Waals surface area contributed by atoms with E-state index in [1.807, 2.05) is 19.1 Å². The molecule has 2 N–H and O–H groups in total. The first-order valence-electron chi connectivity index (χ1n) is 3.48. The number of hydrogen-bond acceptors (Lipinski definition) is 1. The van der Waals surface area contributed by atoms with Crippen molar-refractivity contribution in [3.05, 3.63) is 36.1 Å². The van der Waals surface area contributed by atoms with Crippen LogP contribution < -0.4 is 5.73 Å². The van der Waals surface area contributed by atoms with Crippen molar-refractivity contribution in [2.45, 2.75) is 20.3 Å². The monoisotopic (exact) mass is 137 g/mol. The lowest BCUT2D eigenvalue weighted by Crippen LogP contribution is -1.88. The van der Waals surface area contributed by atoms with Crippen LogP contribution in [0.25, 0.3) is 0 Å². The van der Waals surface area contributed by atoms with Gasteiger partial charge < -0.3 is 5.73 Å². The maximum atomic E-state index is 5.34. The molecular formula is C9H15N. The van der Waals surface area contributed by atoms with Crippen molar-refractivity contribution in [2.24, 2.45) is 5.73 Å². The first-order chi connectivity index (χ1) is 4.70. The molecule has 0 amide bonds. The quantitative estimate of drug-likeness (QED) is 0.594. The predicted molar refractivity (Wildman–Crippen MR) is 46.5 cm³/mol. The van der Waals surface area contributed by atoms with Crippen LogP contribution >= 0.6 is 0 Å². The molecule has 0 aromatic heterocycles. The normalized spacial score (nSPS) is 12.4. The van der Waals surface area contributed by atoms with E-state index in [4.69, 9.17) is 5.73 Å². The molecule has 0 atom stereocenters. The summed E-state index contributed by atoms with van der Waals surface area (Å²) in [5, 5.41) is 0. The molecule has 0 fully saturated rings. The van der Waals surface area contributed by atoms with E-state index in [9.17, 15) is 0 Å². The van der Waals surface area contributed by atoms with Gasteiger partial charge in [0.25, 0.3) is 0 Å². The van der Waals surface area contributed by atoms with Gasteiger partial charge in [0.1, 0.15) is 0 Å². The summed E-state index contributed by atoms with van der Waals surface area (Å²) in [5.74, 6) is 0. The highest BCUT2D eigenvalue weighted by molar-refractivity contribution is 5.23. The molecule has 10 heavy (non-hydrogen) atoms. The Bertz CT molecular complexity index is 164. The lowest BCUT2D eigenvalue weighted by atomic mass is 10.2. The van der Waals surface area contributed by atoms with Gasteiger partial charge in [0.2, 0.25) is 0 Å². The maximum absolute atomic E-state index is 5.34. The molecule has 0 bridgehead atoms. The van der Waals surface area contributed by atoms with Gasteiger partial charge in [0.15, 0.2) is 0 Å². The van der Waals surface area contributed by atoms with E-state index >= 15 is 0 Å². The summed E-state index contributed by atoms with van der Waals surface area (Å²) in [6.07, 6.45) is 6.92. The van der Waals surface area contributed by atoms with Gasteiger partial charge in [-0.25, -0.2) is 0 Å². The summed E-state index contributed by atoms with van der Waals surface area (Å²) in [6, 6.07) is 0. The third-order valence-corrected chi connectivity index (χ3v) is 1.29. The van der Waals surface area contributed by atoms with Crippen LogP contribution in [0.2, 0.25) is 0 Å². The van der Waals surface area contributed by atoms with Gasteiger partial charge >= 0.3 is 0 Å². The smallest absolute Gasteiger partial charge is 0.0241 e. The van der Waals surface area contributed by atoms with Crippen LogP contribution in [0.3, 0.4) is 0 Å². The Morgan fingerprint density at radius 3 is 2.40 bits per heavy atom. The standard InChI is InChI=1S/C9H15N/c1-4-9(5-2)7-6-8(3)10/h4,6-7H,3,5,10H2,1-2H3/b7-6-,9-4-. The largest absolute Gasteiger partial charge is 0.399 e. The highest BCUT2D eigenvalue weighted by atomic mass is 14.5. The summed E-state index contributed by atoms with van der Waals surface area (Å²) >= 11 is 0. The van der Waals surface area contributed by atoms with Gasteiger partial charge in [-0.3, -0.25) is 0 Å². The fourth-order valence-electron chi connectivity index (χ4n) is 0.632. The minimum absolute atomic E-state index is 0.604. The molecular weight excluding hydrogens is 122 g/mol. The van der Waals surface area contributed by atoms with Gasteiger partial charge in [-0.05, 0) is 19.4 Å². The van der Waals surface area contributed by atoms with Crippen molar-refractivity contribution >= 4 is 0 Å². The zero-order valence-corrected chi connectivity index (χ0v) is 6.72. The Kier molecular flexibility index (Phi) is 4.38. The second kappa shape index (κ2) is 4.86. The second-order valence-electron chi connectivity index (χ2n) is 2.13. The number of hydrogen-bond donors (Lipinski definition) is 1. The van der Waals surface area contributed by atoms with Gasteiger partial charge in [-0.1, -0.05) is 31.2 Å². The molecule has 0 rings (SSSR count). The Morgan fingerprint density at radius 2 is 2.10 bits per heavy atom. The molecule has 0 heterocycles. The second-order valence-corrected chi connectivity index (χ2v) is 2.13. The van der Waals surface area contributed by atoms with E-state index < -0.39 is 0 Å². The van der Waals surface area contributed by atoms with Crippen LogP contribution in [0, 0.1) is 0 Å². The highest BCUT2D eigenvalue weighted by Gasteiger charge is 1.82. The van der Waals surface area contributed by atoms with Crippen LogP contribution in [0.5, 0.6) is 0 Å². The molecule has 0 aromatic carbocycles. The highest BCUT2D eigenvalue weighted by Crippen LogP contribution is 2.01. The van der Waals surface area contributed by atoms with Crippen LogP contribution in [0.4, 0.5) is 0 Å². The van der Waals surface area contributed by atoms with E-state index in [0.717, 1.165) is 6.42 Å². The molecule has 0 aromatic rings. The van der Waals surface area contributed by atoms with Crippen molar-refractivity contribution in [2.75, 3.05) is 0 Å². The first-order valence-corrected chi connectivity index (χ1v) is 3.48. The molecule has 0 saturated carbocycles. The Labute approximate surface area is 62.9 Å². The average molecular weight is 137 g/mol. The summed E-state index contributed by atoms with van der Waals surface area (Å²) in [4.78, 5) is 0. The molecule has 0 aliphatic carbocycles. The Hall–Kier alpha value is -0.980. The summed E-state index contributed by atoms with van der Waals surface area (Å²) in [6.45, 7) is 7.69. The van der Waals surface area contributed by atoms with E-state index in [2.05, 4.69) is 19.6 Å². The van der Waals surface area contributed by atoms with Crippen LogP contribution in [-0.4, -0.2) is 0 Å². The molecule has 0 saturated heterocycles. The fraction of sp³-hybridized carbons (Fsp3) is 0.333. The summed E-state index contributed by atoms with van der Waals surface area (Å²) in [5.41, 5.74) is 7.23. The third-order valence-electron chi connectivity index (χ3n) is 1.29. The van der Waals surface area contributed by atoms with Gasteiger partial charge in [-0.15, -0.1) is 0 Å². The van der Waals surface area contributed by atoms with Gasteiger partial charge in [0, 0.05) is 5.70 Å². The Balaban J connectivity index is 3.98. The van der Waals surface area contributed by atoms with Crippen molar-refractivity contribution in [1.29, 1.82) is 0 Å². The number of nitrogens with two attached hydrogens (primary N) is 1. The zero-order chi connectivity index (χ0) is 7.98. The maximum Gasteiger partial charge on any atom is 0.0241 e. The molecule has 56 valence electrons. The van der Waals surface area contributed by atoms with Crippen molar-refractivity contribution in [1.82, 2.24) is 0 Å². The predicted octanol–water partition coefficient (Wildman–Crippen LogP) is 2.37. The molecule has 0 spiro atoms. The summed E-state index contributed by atoms with van der Waals surface area (Å²) < 4.78 is 0. The van der Waals surface area contributed by atoms with Crippen molar-refractivity contribution < 1.29 is 0 Å². The van der Waals surface area contributed by atoms with E-state index in [-0.39, 0.29) is 0 Å². The fourth-order valence-corrected chi connectivity index (χ4v) is 0.632. The minimum Gasteiger partial charge on any atom is -0.399 e. The number of rotatable bonds is 3. The number of allylic oxidation sites excluding steroid dienone is 4. The lowest BCUT2D eigenvalue weighted by Gasteiger charge is -1.93. The SMILES string of the molecule is C=C(N)/C=C\C(=C/C)CC. The molecule has 0 aliphatic heterocycles. The zero-order valence-electron chi connectivity index (χ0n) is 6.72. The molecule has 1 heteroatoms. The van der Waals surface area contributed by atoms with E-state index in [1.165, 1.54) is 5.57 Å². The van der Waals surface area contributed by atoms with Gasteiger partial charge in [0.05, 0.1) is 0 Å². The molecule has 0 aliphatic rings. The topological polar surface area (TPSA) is 26.0 Å².